The number of rotatable bonds is 5. The van der Waals surface area contributed by atoms with Crippen molar-refractivity contribution in [2.24, 2.45) is 0 Å². The summed E-state index contributed by atoms with van der Waals surface area (Å²) < 4.78 is 0. The van der Waals surface area contributed by atoms with Crippen molar-refractivity contribution in [3.63, 3.8) is 0 Å². The molecule has 0 fully saturated rings. The summed E-state index contributed by atoms with van der Waals surface area (Å²) in [5.41, 5.74) is 4.48. The molecule has 0 radical (unpaired) electrons. The van der Waals surface area contributed by atoms with Crippen molar-refractivity contribution in [2.45, 2.75) is 38.9 Å². The maximum Gasteiger partial charge on any atom is 0.129 e. The van der Waals surface area contributed by atoms with Crippen LogP contribution in [0.15, 0.2) is 11.6 Å². The molecule has 3 heteroatoms. The van der Waals surface area contributed by atoms with Gasteiger partial charge in [0.25, 0.3) is 0 Å². The van der Waals surface area contributed by atoms with Crippen molar-refractivity contribution in [3.05, 3.63) is 11.6 Å². The Morgan fingerprint density at radius 3 is 2.27 bits per heavy atom. The normalized spacial score (nSPS) is 10.5. The van der Waals surface area contributed by atoms with E-state index < -0.39 is 8.07 Å². The van der Waals surface area contributed by atoms with Crippen LogP contribution in [0.25, 0.3) is 0 Å². The van der Waals surface area contributed by atoms with Crippen molar-refractivity contribution in [1.29, 1.82) is 0 Å². The lowest BCUT2D eigenvalue weighted by atomic mass is 10.2. The molecule has 0 aliphatic carbocycles. The molecular weight excluding hydrogens is 243 g/mol. The third-order valence-corrected chi connectivity index (χ3v) is 3.36. The SMILES string of the molecule is C[Si](C)(C)C#CCCCC=C(CCl)CCl. The standard InChI is InChI=1S/C12H20Cl2Si/c1-15(2,3)9-7-5-4-6-8-12(10-13)11-14/h8H,4-6,10-11H2,1-3H3. The predicted molar refractivity (Wildman–Crippen MR) is 74.5 cm³/mol. The first kappa shape index (κ1) is 15.1. The average Bonchev–Trinajstić information content (AvgIpc) is 2.15. The van der Waals surface area contributed by atoms with Gasteiger partial charge >= 0.3 is 0 Å². The Labute approximate surface area is 105 Å². The predicted octanol–water partition coefficient (Wildman–Crippen LogP) is 4.44. The van der Waals surface area contributed by atoms with Crippen LogP contribution in [0.4, 0.5) is 0 Å². The molecule has 0 aromatic heterocycles. The molecule has 0 bridgehead atoms. The molecule has 0 aliphatic rings. The number of allylic oxidation sites excluding steroid dienone is 2. The van der Waals surface area contributed by atoms with Gasteiger partial charge in [-0.2, -0.15) is 0 Å². The van der Waals surface area contributed by atoms with Gasteiger partial charge < -0.3 is 0 Å². The van der Waals surface area contributed by atoms with E-state index in [0.717, 1.165) is 24.8 Å². The van der Waals surface area contributed by atoms with Crippen LogP contribution in [0, 0.1) is 11.5 Å². The highest BCUT2D eigenvalue weighted by Gasteiger charge is 2.06. The highest BCUT2D eigenvalue weighted by molar-refractivity contribution is 6.83. The molecule has 0 nitrogen and oxygen atoms in total. The fourth-order valence-corrected chi connectivity index (χ4v) is 2.13. The lowest BCUT2D eigenvalue weighted by molar-refractivity contribution is 0.879. The minimum Gasteiger partial charge on any atom is -0.132 e. The molecule has 0 saturated heterocycles. The molecule has 86 valence electrons. The molecule has 0 aromatic carbocycles. The second-order valence-electron chi connectivity index (χ2n) is 4.57. The van der Waals surface area contributed by atoms with Crippen LogP contribution in [0.3, 0.4) is 0 Å². The summed E-state index contributed by atoms with van der Waals surface area (Å²) in [6, 6.07) is 0. The van der Waals surface area contributed by atoms with Gasteiger partial charge in [0.15, 0.2) is 0 Å². The first-order valence-electron chi connectivity index (χ1n) is 5.29. The van der Waals surface area contributed by atoms with E-state index in [-0.39, 0.29) is 0 Å². The quantitative estimate of drug-likeness (QED) is 0.226. The van der Waals surface area contributed by atoms with Crippen LogP contribution < -0.4 is 0 Å². The van der Waals surface area contributed by atoms with Crippen LogP contribution in [-0.4, -0.2) is 19.8 Å². The highest BCUT2D eigenvalue weighted by atomic mass is 35.5. The molecule has 0 rings (SSSR count). The molecule has 15 heavy (non-hydrogen) atoms. The molecule has 0 heterocycles. The smallest absolute Gasteiger partial charge is 0.129 e. The monoisotopic (exact) mass is 262 g/mol. The average molecular weight is 263 g/mol. The van der Waals surface area contributed by atoms with Crippen molar-refractivity contribution in [2.75, 3.05) is 11.8 Å². The molecule has 0 N–H and O–H groups in total. The molecular formula is C12H20Cl2Si. The fraction of sp³-hybridized carbons (Fsp3) is 0.667. The molecule has 0 amide bonds. The minimum absolute atomic E-state index is 0.546. The summed E-state index contributed by atoms with van der Waals surface area (Å²) in [6.07, 6.45) is 5.26. The van der Waals surface area contributed by atoms with E-state index in [1.165, 1.54) is 0 Å². The summed E-state index contributed by atoms with van der Waals surface area (Å²) in [5, 5.41) is 0. The summed E-state index contributed by atoms with van der Waals surface area (Å²) in [4.78, 5) is 0. The van der Waals surface area contributed by atoms with Crippen LogP contribution in [0.1, 0.15) is 19.3 Å². The van der Waals surface area contributed by atoms with Gasteiger partial charge in [-0.1, -0.05) is 25.7 Å². The number of unbranched alkanes of at least 4 members (excludes halogenated alkanes) is 2. The van der Waals surface area contributed by atoms with Crippen molar-refractivity contribution >= 4 is 31.3 Å². The molecule has 0 atom stereocenters. The zero-order chi connectivity index (χ0) is 11.7. The van der Waals surface area contributed by atoms with E-state index in [0.29, 0.717) is 11.8 Å². The Morgan fingerprint density at radius 2 is 1.80 bits per heavy atom. The number of alkyl halides is 2. The minimum atomic E-state index is -1.17. The third-order valence-electron chi connectivity index (χ3n) is 1.75. The van der Waals surface area contributed by atoms with E-state index in [1.807, 2.05) is 0 Å². The summed E-state index contributed by atoms with van der Waals surface area (Å²) in [7, 11) is -1.17. The number of hydrogen-bond donors (Lipinski definition) is 0. The van der Waals surface area contributed by atoms with Gasteiger partial charge in [-0.3, -0.25) is 0 Å². The molecule has 0 saturated carbocycles. The van der Waals surface area contributed by atoms with Gasteiger partial charge in [0.05, 0.1) is 0 Å². The molecule has 0 aliphatic heterocycles. The van der Waals surface area contributed by atoms with Gasteiger partial charge in [0.1, 0.15) is 8.07 Å². The van der Waals surface area contributed by atoms with Crippen molar-refractivity contribution in [1.82, 2.24) is 0 Å². The van der Waals surface area contributed by atoms with E-state index in [4.69, 9.17) is 23.2 Å². The molecule has 0 unspecified atom stereocenters. The lowest BCUT2D eigenvalue weighted by Crippen LogP contribution is -2.16. The van der Waals surface area contributed by atoms with Gasteiger partial charge in [0, 0.05) is 18.2 Å². The largest absolute Gasteiger partial charge is 0.132 e. The maximum atomic E-state index is 5.69. The van der Waals surface area contributed by atoms with Crippen molar-refractivity contribution < 1.29 is 0 Å². The Bertz CT molecular complexity index is 247. The van der Waals surface area contributed by atoms with Gasteiger partial charge in [-0.15, -0.1) is 34.7 Å². The third kappa shape index (κ3) is 10.4. The van der Waals surface area contributed by atoms with E-state index in [1.54, 1.807) is 0 Å². The Morgan fingerprint density at radius 1 is 1.20 bits per heavy atom. The zero-order valence-electron chi connectivity index (χ0n) is 9.87. The Balaban J connectivity index is 3.71. The van der Waals surface area contributed by atoms with Crippen LogP contribution in [-0.2, 0) is 0 Å². The second-order valence-corrected chi connectivity index (χ2v) is 9.86. The zero-order valence-corrected chi connectivity index (χ0v) is 12.4. The van der Waals surface area contributed by atoms with E-state index >= 15 is 0 Å². The first-order valence-corrected chi connectivity index (χ1v) is 9.86. The van der Waals surface area contributed by atoms with Gasteiger partial charge in [-0.05, 0) is 18.4 Å². The Kier molecular flexibility index (Phi) is 8.33. The second kappa shape index (κ2) is 8.27. The number of halogens is 2. The molecule has 0 aromatic rings. The highest BCUT2D eigenvalue weighted by Crippen LogP contribution is 2.05. The van der Waals surface area contributed by atoms with Gasteiger partial charge in [-0.25, -0.2) is 0 Å². The Hall–Kier alpha value is 0.0969. The number of hydrogen-bond acceptors (Lipinski definition) is 0. The van der Waals surface area contributed by atoms with Gasteiger partial charge in [0.2, 0.25) is 0 Å². The summed E-state index contributed by atoms with van der Waals surface area (Å²) in [5.74, 6) is 4.34. The summed E-state index contributed by atoms with van der Waals surface area (Å²) in [6.45, 7) is 6.79. The van der Waals surface area contributed by atoms with Crippen LogP contribution in [0.5, 0.6) is 0 Å². The summed E-state index contributed by atoms with van der Waals surface area (Å²) >= 11 is 11.4. The van der Waals surface area contributed by atoms with Crippen LogP contribution in [0.2, 0.25) is 19.6 Å². The lowest BCUT2D eigenvalue weighted by Gasteiger charge is -2.03. The fourth-order valence-electron chi connectivity index (χ4n) is 0.969. The topological polar surface area (TPSA) is 0 Å². The maximum absolute atomic E-state index is 5.69. The van der Waals surface area contributed by atoms with E-state index in [9.17, 15) is 0 Å². The molecule has 0 spiro atoms. The van der Waals surface area contributed by atoms with E-state index in [2.05, 4.69) is 37.2 Å². The van der Waals surface area contributed by atoms with Crippen molar-refractivity contribution in [3.8, 4) is 11.5 Å². The first-order chi connectivity index (χ1) is 6.99. The van der Waals surface area contributed by atoms with Crippen LogP contribution >= 0.6 is 23.2 Å².